The molecule has 0 radical (unpaired) electrons. The fourth-order valence-electron chi connectivity index (χ4n) is 4.30. The number of hydrogen-bond donors (Lipinski definition) is 0. The molecule has 3 aromatic carbocycles. The van der Waals surface area contributed by atoms with Crippen LogP contribution in [0, 0.1) is 0 Å². The number of piperidine rings is 1. The highest BCUT2D eigenvalue weighted by atomic mass is 79.9. The zero-order valence-corrected chi connectivity index (χ0v) is 16.5. The molecule has 3 aromatic rings. The molecular weight excluding hydrogens is 382 g/mol. The van der Waals surface area contributed by atoms with E-state index in [1.165, 1.54) is 16.7 Å². The number of benzene rings is 3. The van der Waals surface area contributed by atoms with E-state index < -0.39 is 0 Å². The lowest BCUT2D eigenvalue weighted by molar-refractivity contribution is 0.168. The molecule has 0 aromatic heterocycles. The van der Waals surface area contributed by atoms with Crippen molar-refractivity contribution in [3.05, 3.63) is 108 Å². The van der Waals surface area contributed by atoms with Crippen molar-refractivity contribution in [2.24, 2.45) is 0 Å². The Labute approximate surface area is 164 Å². The lowest BCUT2D eigenvalue weighted by atomic mass is 9.69. The van der Waals surface area contributed by atoms with Gasteiger partial charge < -0.3 is 0 Å². The molecular formula is C24H24BrN. The van der Waals surface area contributed by atoms with Crippen LogP contribution in [0.4, 0.5) is 0 Å². The summed E-state index contributed by atoms with van der Waals surface area (Å²) in [6.45, 7) is 3.11. The van der Waals surface area contributed by atoms with Gasteiger partial charge in [-0.15, -0.1) is 0 Å². The largest absolute Gasteiger partial charge is 0.297 e. The van der Waals surface area contributed by atoms with Crippen LogP contribution in [0.5, 0.6) is 0 Å². The van der Waals surface area contributed by atoms with E-state index in [0.29, 0.717) is 4.83 Å². The number of alkyl halides is 1. The minimum Gasteiger partial charge on any atom is -0.297 e. The first kappa shape index (κ1) is 17.5. The van der Waals surface area contributed by atoms with Crippen molar-refractivity contribution in [2.75, 3.05) is 13.1 Å². The monoisotopic (exact) mass is 405 g/mol. The molecule has 1 nitrogen and oxygen atoms in total. The molecule has 1 saturated heterocycles. The molecule has 1 atom stereocenters. The Morgan fingerprint density at radius 1 is 0.769 bits per heavy atom. The fourth-order valence-corrected chi connectivity index (χ4v) is 5.26. The lowest BCUT2D eigenvalue weighted by Gasteiger charge is -2.46. The summed E-state index contributed by atoms with van der Waals surface area (Å²) in [6, 6.07) is 32.8. The highest BCUT2D eigenvalue weighted by molar-refractivity contribution is 9.09. The lowest BCUT2D eigenvalue weighted by Crippen LogP contribution is -2.50. The van der Waals surface area contributed by atoms with Gasteiger partial charge in [-0.2, -0.15) is 0 Å². The Hall–Kier alpha value is -1.90. The van der Waals surface area contributed by atoms with Gasteiger partial charge in [-0.25, -0.2) is 0 Å². The number of hydrogen-bond acceptors (Lipinski definition) is 1. The van der Waals surface area contributed by atoms with Crippen molar-refractivity contribution >= 4 is 15.9 Å². The second kappa shape index (κ2) is 7.77. The van der Waals surface area contributed by atoms with E-state index in [9.17, 15) is 0 Å². The van der Waals surface area contributed by atoms with Crippen LogP contribution in [0.2, 0.25) is 0 Å². The fraction of sp³-hybridized carbons (Fsp3) is 0.250. The van der Waals surface area contributed by atoms with Crippen molar-refractivity contribution in [3.63, 3.8) is 0 Å². The Kier molecular flexibility index (Phi) is 5.23. The molecule has 4 rings (SSSR count). The molecule has 0 amide bonds. The van der Waals surface area contributed by atoms with Crippen molar-refractivity contribution in [1.29, 1.82) is 0 Å². The first-order chi connectivity index (χ1) is 12.8. The van der Waals surface area contributed by atoms with Crippen molar-refractivity contribution in [2.45, 2.75) is 23.2 Å². The molecule has 132 valence electrons. The van der Waals surface area contributed by atoms with Gasteiger partial charge in [0.25, 0.3) is 0 Å². The molecule has 1 aliphatic heterocycles. The average molecular weight is 406 g/mol. The van der Waals surface area contributed by atoms with E-state index in [-0.39, 0.29) is 5.41 Å². The number of likely N-dealkylation sites (tertiary alicyclic amines) is 1. The molecule has 0 aliphatic carbocycles. The SMILES string of the molecule is BrC1CN(Cc2ccccc2)CC(c2ccccc2)(c2ccccc2)C1. The van der Waals surface area contributed by atoms with Gasteiger partial charge in [-0.1, -0.05) is 107 Å². The van der Waals surface area contributed by atoms with E-state index >= 15 is 0 Å². The van der Waals surface area contributed by atoms with Gasteiger partial charge in [0, 0.05) is 29.9 Å². The van der Waals surface area contributed by atoms with Crippen LogP contribution in [0.15, 0.2) is 91.0 Å². The second-order valence-electron chi connectivity index (χ2n) is 7.27. The van der Waals surface area contributed by atoms with Crippen LogP contribution >= 0.6 is 15.9 Å². The molecule has 0 bridgehead atoms. The van der Waals surface area contributed by atoms with Gasteiger partial charge in [0.15, 0.2) is 0 Å². The number of nitrogens with zero attached hydrogens (tertiary/aromatic N) is 1. The second-order valence-corrected chi connectivity index (χ2v) is 8.57. The van der Waals surface area contributed by atoms with Crippen molar-refractivity contribution in [1.82, 2.24) is 4.90 Å². The minimum absolute atomic E-state index is 0.0176. The van der Waals surface area contributed by atoms with Gasteiger partial charge in [0.05, 0.1) is 0 Å². The predicted molar refractivity (Wildman–Crippen MR) is 113 cm³/mol. The maximum absolute atomic E-state index is 3.97. The summed E-state index contributed by atoms with van der Waals surface area (Å²) in [6.07, 6.45) is 1.12. The summed E-state index contributed by atoms with van der Waals surface area (Å²) in [5.41, 5.74) is 4.22. The summed E-state index contributed by atoms with van der Waals surface area (Å²) in [7, 11) is 0. The van der Waals surface area contributed by atoms with E-state index in [4.69, 9.17) is 0 Å². The summed E-state index contributed by atoms with van der Waals surface area (Å²) >= 11 is 3.97. The molecule has 1 fully saturated rings. The highest BCUT2D eigenvalue weighted by Crippen LogP contribution is 2.42. The third-order valence-electron chi connectivity index (χ3n) is 5.42. The van der Waals surface area contributed by atoms with Gasteiger partial charge in [-0.05, 0) is 23.1 Å². The summed E-state index contributed by atoms with van der Waals surface area (Å²) in [5.74, 6) is 0. The van der Waals surface area contributed by atoms with Crippen LogP contribution < -0.4 is 0 Å². The molecule has 1 heterocycles. The van der Waals surface area contributed by atoms with E-state index in [1.54, 1.807) is 0 Å². The quantitative estimate of drug-likeness (QED) is 0.507. The minimum atomic E-state index is 0.0176. The van der Waals surface area contributed by atoms with E-state index in [0.717, 1.165) is 26.1 Å². The Bertz CT molecular complexity index is 777. The van der Waals surface area contributed by atoms with Gasteiger partial charge >= 0.3 is 0 Å². The molecule has 26 heavy (non-hydrogen) atoms. The standard InChI is InChI=1S/C24H24BrN/c25-23-16-24(21-12-6-2-7-13-21,22-14-8-3-9-15-22)19-26(18-23)17-20-10-4-1-5-11-20/h1-15,23H,16-19H2. The normalized spacial score (nSPS) is 20.0. The van der Waals surface area contributed by atoms with Crippen LogP contribution in [0.25, 0.3) is 0 Å². The Morgan fingerprint density at radius 3 is 1.81 bits per heavy atom. The summed E-state index contributed by atoms with van der Waals surface area (Å²) in [4.78, 5) is 3.07. The highest BCUT2D eigenvalue weighted by Gasteiger charge is 2.41. The smallest absolute Gasteiger partial charge is 0.0341 e. The van der Waals surface area contributed by atoms with Crippen LogP contribution in [0.3, 0.4) is 0 Å². The molecule has 2 heteroatoms. The topological polar surface area (TPSA) is 3.24 Å². The van der Waals surface area contributed by atoms with E-state index in [2.05, 4.69) is 112 Å². The van der Waals surface area contributed by atoms with E-state index in [1.807, 2.05) is 0 Å². The van der Waals surface area contributed by atoms with Gasteiger partial charge in [-0.3, -0.25) is 4.90 Å². The third-order valence-corrected chi connectivity index (χ3v) is 6.03. The zero-order chi connectivity index (χ0) is 17.8. The first-order valence-corrected chi connectivity index (χ1v) is 10.2. The van der Waals surface area contributed by atoms with Crippen LogP contribution in [-0.4, -0.2) is 22.8 Å². The van der Waals surface area contributed by atoms with Gasteiger partial charge in [0.2, 0.25) is 0 Å². The van der Waals surface area contributed by atoms with Crippen molar-refractivity contribution in [3.8, 4) is 0 Å². The van der Waals surface area contributed by atoms with Crippen LogP contribution in [0.1, 0.15) is 23.1 Å². The third kappa shape index (κ3) is 3.62. The molecule has 0 spiro atoms. The van der Waals surface area contributed by atoms with Gasteiger partial charge in [0.1, 0.15) is 0 Å². The molecule has 0 N–H and O–H groups in total. The first-order valence-electron chi connectivity index (χ1n) is 9.28. The maximum Gasteiger partial charge on any atom is 0.0341 e. The average Bonchev–Trinajstić information content (AvgIpc) is 2.69. The Balaban J connectivity index is 1.73. The summed E-state index contributed by atoms with van der Waals surface area (Å²) in [5, 5.41) is 0. The maximum atomic E-state index is 3.97. The van der Waals surface area contributed by atoms with Crippen molar-refractivity contribution < 1.29 is 0 Å². The summed E-state index contributed by atoms with van der Waals surface area (Å²) < 4.78 is 0. The zero-order valence-electron chi connectivity index (χ0n) is 14.9. The van der Waals surface area contributed by atoms with Crippen LogP contribution in [-0.2, 0) is 12.0 Å². The number of halogens is 1. The molecule has 1 aliphatic rings. The Morgan fingerprint density at radius 2 is 1.27 bits per heavy atom. The number of rotatable bonds is 4. The molecule has 1 unspecified atom stereocenters. The predicted octanol–water partition coefficient (Wildman–Crippen LogP) is 5.64. The molecule has 0 saturated carbocycles.